The second kappa shape index (κ2) is 13.8. The molecule has 10 heteroatoms. The molecule has 5 aliphatic rings. The van der Waals surface area contributed by atoms with Crippen LogP contribution < -0.4 is 0 Å². The molecule has 2 saturated heterocycles. The van der Waals surface area contributed by atoms with E-state index in [1.807, 2.05) is 96.1 Å². The third-order valence-corrected chi connectivity index (χ3v) is 14.6. The summed E-state index contributed by atoms with van der Waals surface area (Å²) in [5.74, 6) is -1.88. The van der Waals surface area contributed by atoms with Crippen LogP contribution in [-0.2, 0) is 33.3 Å². The minimum Gasteiger partial charge on any atom is -0.456 e. The fourth-order valence-electron chi connectivity index (χ4n) is 11.8. The van der Waals surface area contributed by atoms with E-state index in [9.17, 15) is 14.7 Å². The average Bonchev–Trinajstić information content (AvgIpc) is 3.53. The van der Waals surface area contributed by atoms with Gasteiger partial charge >= 0.3 is 12.1 Å². The molecule has 56 heavy (non-hydrogen) atoms. The summed E-state index contributed by atoms with van der Waals surface area (Å²) in [6.45, 7) is 22.1. The predicted octanol–water partition coefficient (Wildman–Crippen LogP) is 8.06. The van der Waals surface area contributed by atoms with Crippen LogP contribution in [0.1, 0.15) is 111 Å². The van der Waals surface area contributed by atoms with Gasteiger partial charge in [-0.25, -0.2) is 9.59 Å². The summed E-state index contributed by atoms with van der Waals surface area (Å²) in [6, 6.07) is 16.1. The topological polar surface area (TPSA) is 121 Å². The molecule has 1 N–H and O–H groups in total. The first-order valence-corrected chi connectivity index (χ1v) is 20.2. The fourth-order valence-corrected chi connectivity index (χ4v) is 11.8. The first-order chi connectivity index (χ1) is 26.1. The van der Waals surface area contributed by atoms with Crippen molar-refractivity contribution in [3.05, 3.63) is 82.4 Å². The van der Waals surface area contributed by atoms with Gasteiger partial charge in [0.25, 0.3) is 0 Å². The van der Waals surface area contributed by atoms with E-state index in [4.69, 9.17) is 23.7 Å². The lowest BCUT2D eigenvalue weighted by Gasteiger charge is -2.69. The molecule has 7 rings (SSSR count). The Bertz CT molecular complexity index is 1900. The van der Waals surface area contributed by atoms with E-state index in [1.165, 1.54) is 4.90 Å². The molecule has 2 saturated carbocycles. The van der Waals surface area contributed by atoms with Crippen molar-refractivity contribution in [1.29, 1.82) is 0 Å². The van der Waals surface area contributed by atoms with E-state index in [1.54, 1.807) is 27.9 Å². The fraction of sp³-hybridized carbons (Fsp3) is 0.630. The molecule has 2 unspecified atom stereocenters. The zero-order valence-corrected chi connectivity index (χ0v) is 35.2. The Balaban J connectivity index is 1.31. The first kappa shape index (κ1) is 40.6. The van der Waals surface area contributed by atoms with Gasteiger partial charge in [-0.3, -0.25) is 9.69 Å². The summed E-state index contributed by atoms with van der Waals surface area (Å²) in [6.07, 6.45) is -3.44. The number of ketones is 1. The van der Waals surface area contributed by atoms with Crippen LogP contribution in [0.5, 0.6) is 0 Å². The minimum absolute atomic E-state index is 0.0708. The van der Waals surface area contributed by atoms with E-state index in [-0.39, 0.29) is 35.7 Å². The number of carbonyl (C=O) groups excluding carboxylic acids is 3. The molecule has 2 aromatic carbocycles. The van der Waals surface area contributed by atoms with Crippen molar-refractivity contribution in [3.8, 4) is 0 Å². The lowest BCUT2D eigenvalue weighted by atomic mass is 9.40. The lowest BCUT2D eigenvalue weighted by molar-refractivity contribution is -0.303. The third-order valence-electron chi connectivity index (χ3n) is 14.6. The molecule has 4 fully saturated rings. The highest BCUT2D eigenvalue weighted by atomic mass is 16.6. The van der Waals surface area contributed by atoms with Crippen LogP contribution in [0.3, 0.4) is 0 Å². The van der Waals surface area contributed by atoms with E-state index in [2.05, 4.69) is 13.8 Å². The quantitative estimate of drug-likeness (QED) is 0.238. The number of carbonyl (C=O) groups is 3. The van der Waals surface area contributed by atoms with Crippen LogP contribution in [0.2, 0.25) is 0 Å². The molecule has 0 spiro atoms. The first-order valence-electron chi connectivity index (χ1n) is 20.2. The SMILES string of the molecule is CO[C@H]1C[C@H]2OC[C@@]2(C)C2[C@H](C)[C@]3(O)C[C@H](OC(=O)[C@@H]4OC(c5ccc(C)cc5)N(C(=O)OC(C)(C)C)[C@H]4c4ccccc4)C(C)=C([C@@H](C)C(=O)[C@@]21C)C3(C)C. The number of ether oxygens (including phenoxy) is 5. The van der Waals surface area contributed by atoms with Gasteiger partial charge in [-0.1, -0.05) is 94.8 Å². The molecule has 1 amide bonds. The number of amides is 1. The number of rotatable bonds is 5. The maximum atomic E-state index is 15.1. The maximum Gasteiger partial charge on any atom is 0.413 e. The number of benzene rings is 2. The molecule has 304 valence electrons. The molecule has 0 aromatic heterocycles. The van der Waals surface area contributed by atoms with Gasteiger partial charge in [-0.15, -0.1) is 0 Å². The van der Waals surface area contributed by atoms with E-state index < -0.39 is 70.4 Å². The van der Waals surface area contributed by atoms with E-state index in [0.717, 1.165) is 16.7 Å². The standard InChI is InChI=1S/C46H61NO9/c1-25-18-20-30(21-19-25)39-47(41(50)56-42(5,6)7)35(29-16-14-13-15-17-29)36(55-39)40(49)54-31-23-46(51)28(4)37-44(10)24-53-32(44)22-33(52-12)45(37,11)38(48)27(3)34(26(31)2)43(46,8)9/h13-21,27-28,31-33,35-37,39,51H,22-24H2,1-12H3/t27-,28+,31+,32-,33+,35+,36-,37?,39?,44-,45-,46-/m1/s1. The number of nitrogens with zero attached hydrogens (tertiary/aromatic N) is 1. The summed E-state index contributed by atoms with van der Waals surface area (Å²) in [5, 5.41) is 13.4. The van der Waals surface area contributed by atoms with Crippen LogP contribution in [0.25, 0.3) is 0 Å². The molecular weight excluding hydrogens is 711 g/mol. The number of hydrogen-bond acceptors (Lipinski definition) is 9. The zero-order valence-electron chi connectivity index (χ0n) is 35.2. The van der Waals surface area contributed by atoms with E-state index >= 15 is 4.79 Å². The largest absolute Gasteiger partial charge is 0.456 e. The van der Waals surface area contributed by atoms with Gasteiger partial charge in [0.1, 0.15) is 23.5 Å². The monoisotopic (exact) mass is 771 g/mol. The second-order valence-corrected chi connectivity index (χ2v) is 19.2. The van der Waals surface area contributed by atoms with Gasteiger partial charge in [0.05, 0.1) is 29.8 Å². The van der Waals surface area contributed by atoms with Gasteiger partial charge in [0.15, 0.2) is 12.3 Å². The summed E-state index contributed by atoms with van der Waals surface area (Å²) in [7, 11) is 1.66. The zero-order chi connectivity index (χ0) is 40.9. The lowest BCUT2D eigenvalue weighted by Crippen LogP contribution is -2.74. The summed E-state index contributed by atoms with van der Waals surface area (Å²) >= 11 is 0. The Labute approximate surface area is 332 Å². The van der Waals surface area contributed by atoms with Crippen molar-refractivity contribution in [2.75, 3.05) is 13.7 Å². The Morgan fingerprint density at radius 2 is 1.59 bits per heavy atom. The van der Waals surface area contributed by atoms with E-state index in [0.29, 0.717) is 24.2 Å². The molecular formula is C46H61NO9. The van der Waals surface area contributed by atoms with Crippen molar-refractivity contribution >= 4 is 17.8 Å². The second-order valence-electron chi connectivity index (χ2n) is 19.2. The molecule has 12 atom stereocenters. The summed E-state index contributed by atoms with van der Waals surface area (Å²) in [4.78, 5) is 45.7. The Morgan fingerprint density at radius 3 is 2.16 bits per heavy atom. The predicted molar refractivity (Wildman–Crippen MR) is 210 cm³/mol. The van der Waals surface area contributed by atoms with Crippen LogP contribution in [0.4, 0.5) is 4.79 Å². The third kappa shape index (κ3) is 5.99. The van der Waals surface area contributed by atoms with Gasteiger partial charge in [-0.2, -0.15) is 0 Å². The van der Waals surface area contributed by atoms with Gasteiger partial charge in [0, 0.05) is 42.3 Å². The Kier molecular flexibility index (Phi) is 9.99. The molecule has 2 aliphatic heterocycles. The molecule has 2 heterocycles. The summed E-state index contributed by atoms with van der Waals surface area (Å²) < 4.78 is 31.4. The van der Waals surface area contributed by atoms with Crippen LogP contribution >= 0.6 is 0 Å². The van der Waals surface area contributed by atoms with Crippen molar-refractivity contribution < 1.29 is 43.2 Å². The molecule has 2 bridgehead atoms. The number of hydrogen-bond donors (Lipinski definition) is 1. The average molecular weight is 772 g/mol. The maximum absolute atomic E-state index is 15.1. The highest BCUT2D eigenvalue weighted by Gasteiger charge is 2.73. The highest BCUT2D eigenvalue weighted by Crippen LogP contribution is 2.68. The van der Waals surface area contributed by atoms with Gasteiger partial charge in [0.2, 0.25) is 0 Å². The Morgan fingerprint density at radius 1 is 0.946 bits per heavy atom. The van der Waals surface area contributed by atoms with Gasteiger partial charge in [-0.05, 0) is 70.1 Å². The highest BCUT2D eigenvalue weighted by molar-refractivity contribution is 5.91. The van der Waals surface area contributed by atoms with Crippen LogP contribution in [-0.4, -0.2) is 77.2 Å². The van der Waals surface area contributed by atoms with Crippen LogP contribution in [0.15, 0.2) is 65.7 Å². The van der Waals surface area contributed by atoms with Crippen molar-refractivity contribution in [3.63, 3.8) is 0 Å². The number of Topliss-reactive ketones (excluding diaryl/α,β-unsaturated/α-hetero) is 1. The minimum atomic E-state index is -1.39. The number of aryl methyl sites for hydroxylation is 1. The number of esters is 1. The normalized spacial score (nSPS) is 39.1. The van der Waals surface area contributed by atoms with Crippen molar-refractivity contribution in [2.24, 2.45) is 34.0 Å². The van der Waals surface area contributed by atoms with Crippen molar-refractivity contribution in [1.82, 2.24) is 4.90 Å². The Hall–Kier alpha value is -3.57. The number of aliphatic hydroxyl groups is 1. The van der Waals surface area contributed by atoms with Gasteiger partial charge < -0.3 is 28.8 Å². The molecule has 2 aromatic rings. The number of methoxy groups -OCH3 is 1. The van der Waals surface area contributed by atoms with Crippen molar-refractivity contribution in [2.45, 2.75) is 137 Å². The summed E-state index contributed by atoms with van der Waals surface area (Å²) in [5.41, 5.74) is -0.368. The van der Waals surface area contributed by atoms with Crippen LogP contribution in [0, 0.1) is 40.9 Å². The smallest absolute Gasteiger partial charge is 0.413 e. The number of fused-ring (bicyclic) bond motifs is 5. The molecule has 10 nitrogen and oxygen atoms in total. The molecule has 3 aliphatic carbocycles. The molecule has 0 radical (unpaired) electrons.